The molecule has 1 N–H and O–H groups in total. The molecule has 1 fully saturated rings. The molecule has 138 valence electrons. The summed E-state index contributed by atoms with van der Waals surface area (Å²) in [6, 6.07) is 6.71. The Balaban J connectivity index is 1.74. The van der Waals surface area contributed by atoms with Crippen LogP contribution in [0.15, 0.2) is 30.6 Å². The van der Waals surface area contributed by atoms with Crippen molar-refractivity contribution < 1.29 is 22.8 Å². The number of nitrogens with zero attached hydrogens (tertiary/aromatic N) is 2. The number of benzene rings is 1. The van der Waals surface area contributed by atoms with Crippen molar-refractivity contribution in [1.29, 1.82) is 0 Å². The number of imidazole rings is 1. The lowest BCUT2D eigenvalue weighted by atomic mass is 9.94. The van der Waals surface area contributed by atoms with E-state index in [2.05, 4.69) is 10.3 Å². The largest absolute Gasteiger partial charge is 0.393 e. The number of rotatable bonds is 3. The van der Waals surface area contributed by atoms with Crippen LogP contribution in [0.5, 0.6) is 0 Å². The maximum atomic E-state index is 13.0. The molecule has 5 nitrogen and oxygen atoms in total. The Morgan fingerprint density at radius 3 is 2.38 bits per heavy atom. The van der Waals surface area contributed by atoms with E-state index in [-0.39, 0.29) is 6.42 Å². The molecule has 2 unspecified atom stereocenters. The molecular weight excluding hydrogens is 347 g/mol. The van der Waals surface area contributed by atoms with Crippen LogP contribution >= 0.6 is 0 Å². The first-order valence-corrected chi connectivity index (χ1v) is 8.17. The van der Waals surface area contributed by atoms with E-state index in [1.165, 1.54) is 0 Å². The topological polar surface area (TPSA) is 64.0 Å². The molecule has 0 saturated heterocycles. The van der Waals surface area contributed by atoms with Crippen LogP contribution in [0.4, 0.5) is 18.9 Å². The number of alkyl halides is 3. The van der Waals surface area contributed by atoms with Gasteiger partial charge in [0, 0.05) is 29.9 Å². The van der Waals surface area contributed by atoms with Gasteiger partial charge in [-0.1, -0.05) is 0 Å². The van der Waals surface area contributed by atoms with E-state index in [0.717, 1.165) is 17.1 Å². The summed E-state index contributed by atoms with van der Waals surface area (Å²) in [7, 11) is 0. The number of hydrogen-bond acceptors (Lipinski definition) is 3. The Kier molecular flexibility index (Phi) is 4.60. The van der Waals surface area contributed by atoms with Gasteiger partial charge in [-0.3, -0.25) is 9.59 Å². The third-order valence-corrected chi connectivity index (χ3v) is 4.80. The fraction of sp³-hybridized carbons (Fsp3) is 0.389. The van der Waals surface area contributed by atoms with Crippen LogP contribution in [0.1, 0.15) is 24.2 Å². The van der Waals surface area contributed by atoms with Gasteiger partial charge in [-0.25, -0.2) is 4.98 Å². The molecule has 0 spiro atoms. The number of aryl methyl sites for hydroxylation is 1. The third-order valence-electron chi connectivity index (χ3n) is 4.80. The minimum absolute atomic E-state index is 0.373. The molecular formula is C18H18F3N3O2. The predicted octanol–water partition coefficient (Wildman–Crippen LogP) is 3.59. The lowest BCUT2D eigenvalue weighted by Crippen LogP contribution is -2.34. The molecule has 26 heavy (non-hydrogen) atoms. The first kappa shape index (κ1) is 18.2. The number of anilines is 1. The Morgan fingerprint density at radius 1 is 1.19 bits per heavy atom. The second kappa shape index (κ2) is 6.59. The highest BCUT2D eigenvalue weighted by Gasteiger charge is 2.52. The Bertz CT molecular complexity index is 840. The van der Waals surface area contributed by atoms with Gasteiger partial charge in [0.05, 0.1) is 23.9 Å². The Hall–Kier alpha value is -2.64. The molecule has 1 saturated carbocycles. The van der Waals surface area contributed by atoms with E-state index in [0.29, 0.717) is 5.69 Å². The predicted molar refractivity (Wildman–Crippen MR) is 88.9 cm³/mol. The number of Topliss-reactive ketones (excluding diaryl/α,β-unsaturated/α-hetero) is 1. The smallest absolute Gasteiger partial charge is 0.326 e. The van der Waals surface area contributed by atoms with Crippen molar-refractivity contribution in [3.63, 3.8) is 0 Å². The molecule has 2 aromatic rings. The number of carbonyl (C=O) groups excluding carboxylic acids is 2. The number of hydrogen-bond donors (Lipinski definition) is 1. The summed E-state index contributed by atoms with van der Waals surface area (Å²) in [5.74, 6) is -4.60. The van der Waals surface area contributed by atoms with Gasteiger partial charge in [0.15, 0.2) is 0 Å². The van der Waals surface area contributed by atoms with Crippen molar-refractivity contribution in [1.82, 2.24) is 9.55 Å². The van der Waals surface area contributed by atoms with Gasteiger partial charge in [-0.05, 0) is 38.1 Å². The maximum Gasteiger partial charge on any atom is 0.393 e. The fourth-order valence-corrected chi connectivity index (χ4v) is 3.18. The number of halogens is 3. The van der Waals surface area contributed by atoms with Gasteiger partial charge in [-0.15, -0.1) is 0 Å². The Morgan fingerprint density at radius 2 is 1.85 bits per heavy atom. The molecule has 0 radical (unpaired) electrons. The second-order valence-electron chi connectivity index (χ2n) is 6.52. The fourth-order valence-electron chi connectivity index (χ4n) is 3.18. The summed E-state index contributed by atoms with van der Waals surface area (Å²) in [6.45, 7) is 3.81. The molecule has 3 rings (SSSR count). The summed E-state index contributed by atoms with van der Waals surface area (Å²) in [6.07, 6.45) is -3.88. The van der Waals surface area contributed by atoms with Crippen LogP contribution in [-0.2, 0) is 9.59 Å². The van der Waals surface area contributed by atoms with Crippen molar-refractivity contribution in [2.24, 2.45) is 11.8 Å². The average Bonchev–Trinajstić information content (AvgIpc) is 3.12. The number of aromatic nitrogens is 2. The zero-order valence-corrected chi connectivity index (χ0v) is 14.3. The SMILES string of the molecule is Cc1ncn(-c2ccc(NC(=O)C3CC(=O)CC3C(F)(F)F)cc2)c1C. The quantitative estimate of drug-likeness (QED) is 0.904. The van der Waals surface area contributed by atoms with Crippen LogP contribution in [0, 0.1) is 25.7 Å². The highest BCUT2D eigenvalue weighted by Crippen LogP contribution is 2.42. The molecule has 1 aliphatic carbocycles. The monoisotopic (exact) mass is 365 g/mol. The van der Waals surface area contributed by atoms with Crippen LogP contribution in [0.3, 0.4) is 0 Å². The zero-order valence-electron chi connectivity index (χ0n) is 14.3. The van der Waals surface area contributed by atoms with E-state index < -0.39 is 36.1 Å². The Labute approximate surface area is 148 Å². The van der Waals surface area contributed by atoms with Gasteiger partial charge in [0.25, 0.3) is 0 Å². The highest BCUT2D eigenvalue weighted by atomic mass is 19.4. The van der Waals surface area contributed by atoms with Crippen molar-refractivity contribution in [3.8, 4) is 5.69 Å². The van der Waals surface area contributed by atoms with Gasteiger partial charge < -0.3 is 9.88 Å². The molecule has 1 aromatic carbocycles. The van der Waals surface area contributed by atoms with Gasteiger partial charge in [0.2, 0.25) is 5.91 Å². The molecule has 1 amide bonds. The zero-order chi connectivity index (χ0) is 19.1. The second-order valence-corrected chi connectivity index (χ2v) is 6.52. The summed E-state index contributed by atoms with van der Waals surface area (Å²) in [5, 5.41) is 2.49. The van der Waals surface area contributed by atoms with Crippen LogP contribution in [-0.4, -0.2) is 27.4 Å². The first-order valence-electron chi connectivity index (χ1n) is 8.17. The van der Waals surface area contributed by atoms with Gasteiger partial charge in [0.1, 0.15) is 5.78 Å². The molecule has 2 atom stereocenters. The van der Waals surface area contributed by atoms with Crippen LogP contribution < -0.4 is 5.32 Å². The molecule has 1 aliphatic rings. The van der Waals surface area contributed by atoms with Gasteiger partial charge >= 0.3 is 6.18 Å². The van der Waals surface area contributed by atoms with E-state index in [9.17, 15) is 22.8 Å². The van der Waals surface area contributed by atoms with E-state index in [1.54, 1.807) is 30.6 Å². The van der Waals surface area contributed by atoms with Crippen LogP contribution in [0.2, 0.25) is 0 Å². The van der Waals surface area contributed by atoms with Gasteiger partial charge in [-0.2, -0.15) is 13.2 Å². The summed E-state index contributed by atoms with van der Waals surface area (Å²) >= 11 is 0. The van der Waals surface area contributed by atoms with E-state index in [1.807, 2.05) is 18.4 Å². The number of nitrogens with one attached hydrogen (secondary N) is 1. The molecule has 1 heterocycles. The number of amides is 1. The molecule has 8 heteroatoms. The normalized spacial score (nSPS) is 20.4. The molecule has 0 aliphatic heterocycles. The average molecular weight is 365 g/mol. The summed E-state index contributed by atoms with van der Waals surface area (Å²) in [5.41, 5.74) is 3.07. The highest BCUT2D eigenvalue weighted by molar-refractivity contribution is 5.98. The lowest BCUT2D eigenvalue weighted by molar-refractivity contribution is -0.185. The van der Waals surface area contributed by atoms with Crippen LogP contribution in [0.25, 0.3) is 5.69 Å². The van der Waals surface area contributed by atoms with Crippen molar-refractivity contribution in [3.05, 3.63) is 42.0 Å². The summed E-state index contributed by atoms with van der Waals surface area (Å²) < 4.78 is 40.9. The number of ketones is 1. The molecule has 1 aromatic heterocycles. The summed E-state index contributed by atoms with van der Waals surface area (Å²) in [4.78, 5) is 27.9. The molecule has 0 bridgehead atoms. The first-order chi connectivity index (χ1) is 12.2. The van der Waals surface area contributed by atoms with Crippen molar-refractivity contribution in [2.75, 3.05) is 5.32 Å². The van der Waals surface area contributed by atoms with E-state index in [4.69, 9.17) is 0 Å². The minimum Gasteiger partial charge on any atom is -0.326 e. The number of carbonyl (C=O) groups is 2. The minimum atomic E-state index is -4.56. The van der Waals surface area contributed by atoms with Crippen molar-refractivity contribution in [2.45, 2.75) is 32.9 Å². The lowest BCUT2D eigenvalue weighted by Gasteiger charge is -2.21. The standard InChI is InChI=1S/C18H18F3N3O2/c1-10-11(2)24(9-22-10)13-5-3-12(4-6-13)23-17(26)15-7-14(25)8-16(15)18(19,20)21/h3-6,9,15-16H,7-8H2,1-2H3,(H,23,26). The van der Waals surface area contributed by atoms with E-state index >= 15 is 0 Å². The third kappa shape index (κ3) is 3.49. The van der Waals surface area contributed by atoms with Crippen molar-refractivity contribution >= 4 is 17.4 Å². The maximum absolute atomic E-state index is 13.0.